The Morgan fingerprint density at radius 2 is 2.00 bits per heavy atom. The number of hydrogen-bond donors (Lipinski definition) is 2. The van der Waals surface area contributed by atoms with Gasteiger partial charge in [-0.15, -0.1) is 11.3 Å². The smallest absolute Gasteiger partial charge is 0.281 e. The van der Waals surface area contributed by atoms with Gasteiger partial charge in [0.15, 0.2) is 5.01 Å². The molecule has 13 heteroatoms. The maximum Gasteiger partial charge on any atom is 0.281 e. The van der Waals surface area contributed by atoms with Crippen molar-refractivity contribution in [1.82, 2.24) is 30.2 Å². The average Bonchev–Trinajstić information content (AvgIpc) is 3.19. The van der Waals surface area contributed by atoms with Crippen molar-refractivity contribution in [2.24, 2.45) is 11.8 Å². The molecule has 3 heterocycles. The molecule has 0 bridgehead atoms. The van der Waals surface area contributed by atoms with Crippen LogP contribution >= 0.6 is 11.3 Å². The molecule has 2 aliphatic rings. The lowest BCUT2D eigenvalue weighted by Gasteiger charge is -2.31. The van der Waals surface area contributed by atoms with Gasteiger partial charge in [-0.2, -0.15) is 0 Å². The van der Waals surface area contributed by atoms with E-state index in [1.807, 2.05) is 6.92 Å². The number of anilines is 1. The molecule has 178 valence electrons. The molecule has 1 amide bonds. The van der Waals surface area contributed by atoms with Crippen molar-refractivity contribution in [2.75, 3.05) is 17.6 Å². The van der Waals surface area contributed by atoms with Gasteiger partial charge >= 0.3 is 0 Å². The Balaban J connectivity index is 1.39. The van der Waals surface area contributed by atoms with Crippen LogP contribution in [-0.2, 0) is 15.6 Å². The third kappa shape index (κ3) is 4.71. The number of rotatable bonds is 8. The summed E-state index contributed by atoms with van der Waals surface area (Å²) in [5.74, 6) is 1.30. The van der Waals surface area contributed by atoms with Crippen molar-refractivity contribution >= 4 is 33.1 Å². The van der Waals surface area contributed by atoms with E-state index in [0.29, 0.717) is 45.6 Å². The summed E-state index contributed by atoms with van der Waals surface area (Å²) in [4.78, 5) is 35.2. The summed E-state index contributed by atoms with van der Waals surface area (Å²) in [5.41, 5.74) is 0.454. The highest BCUT2D eigenvalue weighted by Gasteiger charge is 2.56. The first-order valence-electron chi connectivity index (χ1n) is 10.8. The highest BCUT2D eigenvalue weighted by Crippen LogP contribution is 2.59. The third-order valence-corrected chi connectivity index (χ3v) is 7.55. The topological polar surface area (TPSA) is 149 Å². The number of sulfonamides is 1. The molecule has 2 aliphatic carbocycles. The second-order valence-corrected chi connectivity index (χ2v) is 11.3. The number of carbonyl (C=O) groups is 1. The van der Waals surface area contributed by atoms with Gasteiger partial charge in [-0.1, -0.05) is 0 Å². The largest absolute Gasteiger partial charge is 0.477 e. The highest BCUT2D eigenvalue weighted by molar-refractivity contribution is 7.92. The van der Waals surface area contributed by atoms with Crippen LogP contribution in [0.4, 0.5) is 5.82 Å². The molecule has 3 aromatic rings. The van der Waals surface area contributed by atoms with Gasteiger partial charge in [-0.3, -0.25) is 14.5 Å². The lowest BCUT2D eigenvalue weighted by Crippen LogP contribution is -2.45. The molecule has 2 fully saturated rings. The lowest BCUT2D eigenvalue weighted by atomic mass is 9.89. The van der Waals surface area contributed by atoms with Gasteiger partial charge in [-0.25, -0.2) is 28.4 Å². The van der Waals surface area contributed by atoms with Crippen molar-refractivity contribution in [3.8, 4) is 16.5 Å². The van der Waals surface area contributed by atoms with Gasteiger partial charge in [0.2, 0.25) is 15.9 Å². The zero-order valence-corrected chi connectivity index (χ0v) is 20.2. The van der Waals surface area contributed by atoms with Crippen LogP contribution in [0.1, 0.15) is 41.7 Å². The second kappa shape index (κ2) is 8.55. The van der Waals surface area contributed by atoms with E-state index < -0.39 is 15.6 Å². The summed E-state index contributed by atoms with van der Waals surface area (Å²) >= 11 is 1.22. The Bertz CT molecular complexity index is 1330. The molecular formula is C21H23N7O4S2. The molecule has 2 saturated carbocycles. The van der Waals surface area contributed by atoms with E-state index in [1.54, 1.807) is 18.5 Å². The van der Waals surface area contributed by atoms with Crippen molar-refractivity contribution in [1.29, 1.82) is 0 Å². The van der Waals surface area contributed by atoms with Crippen LogP contribution in [0.3, 0.4) is 0 Å². The van der Waals surface area contributed by atoms with E-state index in [0.717, 1.165) is 25.5 Å². The van der Waals surface area contributed by atoms with E-state index in [4.69, 9.17) is 4.74 Å². The van der Waals surface area contributed by atoms with Crippen LogP contribution in [0.25, 0.3) is 10.6 Å². The summed E-state index contributed by atoms with van der Waals surface area (Å²) in [6.07, 6.45) is 9.70. The van der Waals surface area contributed by atoms with Crippen LogP contribution in [-0.4, -0.2) is 52.1 Å². The molecule has 2 unspecified atom stereocenters. The predicted octanol–water partition coefficient (Wildman–Crippen LogP) is 2.22. The van der Waals surface area contributed by atoms with Crippen molar-refractivity contribution in [3.63, 3.8) is 0 Å². The number of thiazole rings is 1. The molecule has 3 aromatic heterocycles. The summed E-state index contributed by atoms with van der Waals surface area (Å²) < 4.78 is 31.1. The molecule has 0 spiro atoms. The monoisotopic (exact) mass is 501 g/mol. The van der Waals surface area contributed by atoms with E-state index in [-0.39, 0.29) is 11.7 Å². The SMILES string of the molecule is CCOc1cncc(-c2cnc(C(=O)NC3(c4cc(NS(C)(=O)=O)ncn4)CC4CC4C3)s2)n1. The fourth-order valence-electron chi connectivity index (χ4n) is 4.48. The van der Waals surface area contributed by atoms with Crippen molar-refractivity contribution < 1.29 is 17.9 Å². The molecule has 2 atom stereocenters. The van der Waals surface area contributed by atoms with Gasteiger partial charge in [0.25, 0.3) is 5.91 Å². The number of aromatic nitrogens is 5. The van der Waals surface area contributed by atoms with Gasteiger partial charge in [0.05, 0.1) is 41.4 Å². The maximum atomic E-state index is 13.2. The quantitative estimate of drug-likeness (QED) is 0.474. The number of amides is 1. The number of carbonyl (C=O) groups excluding carboxylic acids is 1. The maximum absolute atomic E-state index is 13.2. The normalized spacial score (nSPS) is 23.2. The van der Waals surface area contributed by atoms with E-state index in [2.05, 4.69) is 35.0 Å². The third-order valence-electron chi connectivity index (χ3n) is 5.95. The minimum atomic E-state index is -3.49. The van der Waals surface area contributed by atoms with Crippen LogP contribution in [0.5, 0.6) is 5.88 Å². The minimum absolute atomic E-state index is 0.172. The standard InChI is InChI=1S/C21H23N7O4S2/c1-3-32-18-10-22-8-14(26-18)15-9-23-20(33-15)19(29)27-21(6-12-4-13(12)7-21)16-5-17(25-11-24-16)28-34(2,30)31/h5,8-13H,3-4,6-7H2,1-2H3,(H,27,29)(H,24,25,28). The van der Waals surface area contributed by atoms with Crippen LogP contribution in [0.2, 0.25) is 0 Å². The fourth-order valence-corrected chi connectivity index (χ4v) is 5.74. The van der Waals surface area contributed by atoms with Gasteiger partial charge in [-0.05, 0) is 38.0 Å². The summed E-state index contributed by atoms with van der Waals surface area (Å²) in [6.45, 7) is 2.34. The van der Waals surface area contributed by atoms with E-state index in [1.165, 1.54) is 23.9 Å². The average molecular weight is 502 g/mol. The van der Waals surface area contributed by atoms with Crippen LogP contribution in [0.15, 0.2) is 31.0 Å². The Kier molecular flexibility index (Phi) is 5.68. The first-order valence-corrected chi connectivity index (χ1v) is 13.5. The Labute approximate surface area is 200 Å². The molecule has 5 rings (SSSR count). The van der Waals surface area contributed by atoms with Gasteiger partial charge in [0.1, 0.15) is 17.8 Å². The molecule has 0 saturated heterocycles. The number of ether oxygens (including phenoxy) is 1. The predicted molar refractivity (Wildman–Crippen MR) is 125 cm³/mol. The molecule has 0 aromatic carbocycles. The van der Waals surface area contributed by atoms with Crippen molar-refractivity contribution in [3.05, 3.63) is 41.7 Å². The van der Waals surface area contributed by atoms with Crippen LogP contribution < -0.4 is 14.8 Å². The van der Waals surface area contributed by atoms with E-state index in [9.17, 15) is 13.2 Å². The van der Waals surface area contributed by atoms with Gasteiger partial charge in [0, 0.05) is 12.3 Å². The van der Waals surface area contributed by atoms with Gasteiger partial charge < -0.3 is 10.1 Å². The second-order valence-electron chi connectivity index (χ2n) is 8.57. The molecule has 2 N–H and O–H groups in total. The molecule has 11 nitrogen and oxygen atoms in total. The zero-order chi connectivity index (χ0) is 23.9. The highest BCUT2D eigenvalue weighted by atomic mass is 32.2. The lowest BCUT2D eigenvalue weighted by molar-refractivity contribution is 0.0888. The fraction of sp³-hybridized carbons (Fsp3) is 0.429. The Hall–Kier alpha value is -3.19. The van der Waals surface area contributed by atoms with E-state index >= 15 is 0 Å². The molecular weight excluding hydrogens is 478 g/mol. The number of hydrogen-bond acceptors (Lipinski definition) is 10. The van der Waals surface area contributed by atoms with Crippen LogP contribution in [0, 0.1) is 11.8 Å². The zero-order valence-electron chi connectivity index (χ0n) is 18.6. The van der Waals surface area contributed by atoms with Crippen molar-refractivity contribution in [2.45, 2.75) is 31.7 Å². The Morgan fingerprint density at radius 1 is 1.21 bits per heavy atom. The minimum Gasteiger partial charge on any atom is -0.477 e. The molecule has 34 heavy (non-hydrogen) atoms. The summed E-state index contributed by atoms with van der Waals surface area (Å²) in [7, 11) is -3.49. The number of fused-ring (bicyclic) bond motifs is 1. The molecule has 0 radical (unpaired) electrons. The summed E-state index contributed by atoms with van der Waals surface area (Å²) in [5, 5.41) is 3.45. The Morgan fingerprint density at radius 3 is 2.74 bits per heavy atom. The first-order chi connectivity index (χ1) is 16.2. The number of nitrogens with one attached hydrogen (secondary N) is 2. The summed E-state index contributed by atoms with van der Waals surface area (Å²) in [6, 6.07) is 1.59. The molecule has 0 aliphatic heterocycles. The first kappa shape index (κ1) is 22.6. The number of nitrogens with zero attached hydrogens (tertiary/aromatic N) is 5.